The monoisotopic (exact) mass is 843 g/mol. The molecule has 1 aliphatic heterocycles. The first-order valence-corrected chi connectivity index (χ1v) is 21.9. The van der Waals surface area contributed by atoms with Crippen molar-refractivity contribution in [2.45, 2.75) is 150 Å². The van der Waals surface area contributed by atoms with Crippen LogP contribution in [-0.2, 0) is 39.9 Å². The molecule has 0 spiro atoms. The highest BCUT2D eigenvalue weighted by molar-refractivity contribution is 5.98. The highest BCUT2D eigenvalue weighted by Gasteiger charge is 2.44. The summed E-state index contributed by atoms with van der Waals surface area (Å²) in [6, 6.07) is 7.26. The summed E-state index contributed by atoms with van der Waals surface area (Å²) in [5.41, 5.74) is 0.567. The van der Waals surface area contributed by atoms with E-state index in [4.69, 9.17) is 9.47 Å². The van der Waals surface area contributed by atoms with Gasteiger partial charge in [-0.2, -0.15) is 0 Å². The van der Waals surface area contributed by atoms with Crippen molar-refractivity contribution < 1.29 is 43.3 Å². The van der Waals surface area contributed by atoms with Crippen molar-refractivity contribution in [3.63, 3.8) is 0 Å². The Morgan fingerprint density at radius 2 is 1.45 bits per heavy atom. The summed E-state index contributed by atoms with van der Waals surface area (Å²) < 4.78 is 11.9. The number of nitrogens with zero attached hydrogens (tertiary/aromatic N) is 4. The third kappa shape index (κ3) is 13.7. The molecule has 1 aromatic rings. The maximum absolute atomic E-state index is 14.3. The number of likely N-dealkylation sites (N-methyl/N-ethyl adjacent to an activating group) is 2. The Morgan fingerprint density at radius 1 is 0.850 bits per heavy atom. The molecule has 0 bridgehead atoms. The van der Waals surface area contributed by atoms with Crippen LogP contribution in [0.2, 0.25) is 0 Å². The zero-order valence-corrected chi connectivity index (χ0v) is 39.4. The second-order valence-corrected chi connectivity index (χ2v) is 18.8. The molecule has 13 heteroatoms. The highest BCUT2D eigenvalue weighted by Crippen LogP contribution is 2.32. The van der Waals surface area contributed by atoms with Crippen molar-refractivity contribution in [2.75, 3.05) is 41.9 Å². The zero-order valence-electron chi connectivity index (χ0n) is 39.4. The number of urea groups is 1. The number of aliphatic carboxylic acids is 1. The second-order valence-electron chi connectivity index (χ2n) is 18.8. The summed E-state index contributed by atoms with van der Waals surface area (Å²) in [7, 11) is 8.02. The van der Waals surface area contributed by atoms with Gasteiger partial charge in [-0.05, 0) is 70.4 Å². The van der Waals surface area contributed by atoms with Gasteiger partial charge in [-0.25, -0.2) is 4.79 Å². The van der Waals surface area contributed by atoms with Gasteiger partial charge in [0.25, 0.3) is 0 Å². The van der Waals surface area contributed by atoms with Crippen molar-refractivity contribution in [1.82, 2.24) is 19.6 Å². The van der Waals surface area contributed by atoms with Gasteiger partial charge in [0.1, 0.15) is 5.78 Å². The van der Waals surface area contributed by atoms with Gasteiger partial charge < -0.3 is 24.4 Å². The van der Waals surface area contributed by atoms with Crippen LogP contribution in [0.4, 0.5) is 4.79 Å². The molecule has 1 heterocycles. The fourth-order valence-electron chi connectivity index (χ4n) is 8.87. The lowest BCUT2D eigenvalue weighted by molar-refractivity contribution is -0.146. The number of amides is 4. The number of ether oxygens (including phenoxy) is 2. The molecule has 0 saturated carbocycles. The molecule has 1 aliphatic rings. The molecule has 340 valence electrons. The molecule has 13 nitrogen and oxygen atoms in total. The fraction of sp³-hybridized carbons (Fsp3) is 0.745. The van der Waals surface area contributed by atoms with E-state index in [0.29, 0.717) is 25.8 Å². The minimum absolute atomic E-state index is 0.00258. The van der Waals surface area contributed by atoms with Gasteiger partial charge in [0.05, 0.1) is 42.7 Å². The van der Waals surface area contributed by atoms with Crippen LogP contribution < -0.4 is 0 Å². The molecular weight excluding hydrogens is 765 g/mol. The third-order valence-electron chi connectivity index (χ3n) is 13.0. The maximum atomic E-state index is 14.3. The van der Waals surface area contributed by atoms with Crippen molar-refractivity contribution in [2.24, 2.45) is 35.5 Å². The van der Waals surface area contributed by atoms with Gasteiger partial charge in [-0.1, -0.05) is 85.2 Å². The number of Topliss-reactive ketones (excluding diaryl/α,β-unsaturated/α-hetero) is 2. The van der Waals surface area contributed by atoms with Crippen LogP contribution in [-0.4, -0.2) is 138 Å². The lowest BCUT2D eigenvalue weighted by Gasteiger charge is -2.41. The average molecular weight is 843 g/mol. The summed E-state index contributed by atoms with van der Waals surface area (Å²) in [6.07, 6.45) is 0.585. The molecule has 0 unspecified atom stereocenters. The fourth-order valence-corrected chi connectivity index (χ4v) is 8.87. The Bertz CT molecular complexity index is 1580. The van der Waals surface area contributed by atoms with Crippen LogP contribution in [0.5, 0.6) is 0 Å². The molecule has 1 aromatic carbocycles. The molecule has 60 heavy (non-hydrogen) atoms. The van der Waals surface area contributed by atoms with Gasteiger partial charge in [-0.3, -0.25) is 33.8 Å². The molecule has 4 amide bonds. The molecule has 1 saturated heterocycles. The standard InChI is InChI=1S/C47H78N4O9/c1-16-31(6)42(48(11)46(58)49(12)44(55)35(29(2)3)27-38(53)41(30(4)5)50(13)47(8,9)10)39(59-14)28-40(54)51-24-20-23-36(51)43(60-15)32(7)37(52)26-34(45(56)57)25-33-21-18-17-19-22-33/h17-19,21-22,29-32,34-36,39,41-43H,16,20,23-28H2,1-15H3,(H,56,57)/t31-,32-,34+,35-,36-,39+,41-,42-,43+/m0/s1. The number of carbonyl (C=O) groups is 6. The molecule has 1 fully saturated rings. The van der Waals surface area contributed by atoms with E-state index in [-0.39, 0.29) is 66.4 Å². The SMILES string of the molecule is CC[C@H](C)[C@@H]([C@@H](CC(=O)N1CCC[C@H]1[C@H](OC)[C@@H](C)C(=O)C[C@@H](Cc1ccccc1)C(=O)O)OC)N(C)C(=O)N(C)C(=O)[C@@H](CC(=O)[C@H](C(C)C)N(C)C(C)(C)C)C(C)C. The average Bonchev–Trinajstić information content (AvgIpc) is 3.68. The smallest absolute Gasteiger partial charge is 0.326 e. The number of carbonyl (C=O) groups excluding carboxylic acids is 5. The summed E-state index contributed by atoms with van der Waals surface area (Å²) in [5.74, 6) is -4.57. The molecule has 0 radical (unpaired) electrons. The number of rotatable bonds is 23. The quantitative estimate of drug-likeness (QED) is 0.124. The number of methoxy groups -OCH3 is 2. The molecular formula is C47H78N4O9. The van der Waals surface area contributed by atoms with Gasteiger partial charge in [-0.15, -0.1) is 0 Å². The normalized spacial score (nSPS) is 18.7. The minimum Gasteiger partial charge on any atom is -0.481 e. The summed E-state index contributed by atoms with van der Waals surface area (Å²) in [6.45, 7) is 20.1. The number of ketones is 2. The van der Waals surface area contributed by atoms with Crippen LogP contribution in [0.15, 0.2) is 30.3 Å². The maximum Gasteiger partial charge on any atom is 0.326 e. The Hall–Kier alpha value is -3.68. The van der Waals surface area contributed by atoms with Crippen LogP contribution in [0.1, 0.15) is 113 Å². The second kappa shape index (κ2) is 23.5. The summed E-state index contributed by atoms with van der Waals surface area (Å²) in [5, 5.41) is 9.97. The van der Waals surface area contributed by atoms with Gasteiger partial charge >= 0.3 is 12.0 Å². The topological polar surface area (TPSA) is 154 Å². The number of benzene rings is 1. The number of imide groups is 1. The van der Waals surface area contributed by atoms with Gasteiger partial charge in [0, 0.05) is 65.1 Å². The first-order chi connectivity index (χ1) is 27.9. The van der Waals surface area contributed by atoms with Crippen molar-refractivity contribution in [1.29, 1.82) is 0 Å². The van der Waals surface area contributed by atoms with E-state index in [1.54, 1.807) is 18.9 Å². The highest BCUT2D eigenvalue weighted by atomic mass is 16.5. The van der Waals surface area contributed by atoms with E-state index in [2.05, 4.69) is 25.7 Å². The lowest BCUT2D eigenvalue weighted by Crippen LogP contribution is -2.56. The van der Waals surface area contributed by atoms with E-state index in [0.717, 1.165) is 10.5 Å². The number of hydrogen-bond donors (Lipinski definition) is 1. The molecule has 2 rings (SSSR count). The first-order valence-electron chi connectivity index (χ1n) is 21.9. The van der Waals surface area contributed by atoms with Crippen LogP contribution in [0.25, 0.3) is 0 Å². The predicted octanol–water partition coefficient (Wildman–Crippen LogP) is 6.85. The Balaban J connectivity index is 2.29. The Labute approximate surface area is 360 Å². The summed E-state index contributed by atoms with van der Waals surface area (Å²) in [4.78, 5) is 88.7. The van der Waals surface area contributed by atoms with E-state index in [1.165, 1.54) is 26.2 Å². The van der Waals surface area contributed by atoms with Gasteiger partial charge in [0.2, 0.25) is 11.8 Å². The van der Waals surface area contributed by atoms with E-state index >= 15 is 0 Å². The van der Waals surface area contributed by atoms with Crippen molar-refractivity contribution in [3.8, 4) is 0 Å². The van der Waals surface area contributed by atoms with E-state index in [1.807, 2.05) is 78.9 Å². The Morgan fingerprint density at radius 3 is 1.93 bits per heavy atom. The number of likely N-dealkylation sites (tertiary alicyclic amines) is 1. The number of hydrogen-bond acceptors (Lipinski definition) is 9. The minimum atomic E-state index is -1.04. The van der Waals surface area contributed by atoms with Crippen molar-refractivity contribution >= 4 is 35.4 Å². The summed E-state index contributed by atoms with van der Waals surface area (Å²) >= 11 is 0. The molecule has 1 N–H and O–H groups in total. The van der Waals surface area contributed by atoms with Crippen LogP contribution in [0.3, 0.4) is 0 Å². The number of carboxylic acid groups (broad SMARTS) is 1. The van der Waals surface area contributed by atoms with E-state index < -0.39 is 66.0 Å². The molecule has 9 atom stereocenters. The largest absolute Gasteiger partial charge is 0.481 e. The van der Waals surface area contributed by atoms with Crippen LogP contribution in [0, 0.1) is 35.5 Å². The first kappa shape index (κ1) is 52.5. The van der Waals surface area contributed by atoms with Gasteiger partial charge in [0.15, 0.2) is 5.78 Å². The predicted molar refractivity (Wildman–Crippen MR) is 234 cm³/mol. The third-order valence-corrected chi connectivity index (χ3v) is 13.0. The molecule has 0 aromatic heterocycles. The van der Waals surface area contributed by atoms with Crippen molar-refractivity contribution in [3.05, 3.63) is 35.9 Å². The van der Waals surface area contributed by atoms with E-state index in [9.17, 15) is 33.9 Å². The number of carboxylic acids is 1. The Kier molecular flexibility index (Phi) is 20.6. The lowest BCUT2D eigenvalue weighted by atomic mass is 9.84. The zero-order chi connectivity index (χ0) is 45.8. The van der Waals surface area contributed by atoms with Crippen LogP contribution >= 0.6 is 0 Å². The molecule has 0 aliphatic carbocycles.